The number of hydrogen-bond donors (Lipinski definition) is 0. The molecule has 2 heterocycles. The summed E-state index contributed by atoms with van der Waals surface area (Å²) < 4.78 is 4.10. The van der Waals surface area contributed by atoms with Gasteiger partial charge < -0.3 is 9.13 Å². The molecular weight excluding hydrogens is 1020 g/mol. The van der Waals surface area contributed by atoms with Crippen molar-refractivity contribution in [1.29, 1.82) is 31.6 Å². The molecule has 0 amide bonds. The van der Waals surface area contributed by atoms with Gasteiger partial charge in [-0.3, -0.25) is 0 Å². The lowest BCUT2D eigenvalue weighted by Gasteiger charge is -2.19. The van der Waals surface area contributed by atoms with Crippen molar-refractivity contribution in [2.45, 2.75) is 6.92 Å². The van der Waals surface area contributed by atoms with E-state index in [4.69, 9.17) is 26.3 Å². The van der Waals surface area contributed by atoms with Gasteiger partial charge in [0.05, 0.1) is 123 Å². The molecule has 0 radical (unpaired) electrons. The highest BCUT2D eigenvalue weighted by molar-refractivity contribution is 6.14. The minimum atomic E-state index is 0.285. The van der Waals surface area contributed by atoms with E-state index < -0.39 is 0 Å². The molecule has 0 spiro atoms. The Balaban J connectivity index is 1.17. The first-order valence-corrected chi connectivity index (χ1v) is 25.5. The van der Waals surface area contributed by atoms with Crippen LogP contribution in [0.1, 0.15) is 38.9 Å². The van der Waals surface area contributed by atoms with E-state index in [1.807, 2.05) is 109 Å². The molecule has 0 fully saturated rings. The molecule has 10 aromatic carbocycles. The number of benzene rings is 10. The third-order valence-electron chi connectivity index (χ3n) is 15.0. The van der Waals surface area contributed by atoms with Gasteiger partial charge in [0.2, 0.25) is 0 Å². The van der Waals surface area contributed by atoms with E-state index in [0.717, 1.165) is 49.3 Å². The van der Waals surface area contributed by atoms with Gasteiger partial charge in [-0.05, 0) is 160 Å². The number of nitrogens with zero attached hydrogens (tertiary/aromatic N) is 12. The van der Waals surface area contributed by atoms with Crippen molar-refractivity contribution >= 4 is 66.4 Å². The maximum atomic E-state index is 11.6. The van der Waals surface area contributed by atoms with Crippen LogP contribution in [-0.2, 0) is 0 Å². The zero-order valence-corrected chi connectivity index (χ0v) is 43.6. The minimum absolute atomic E-state index is 0.285. The maximum Gasteiger partial charge on any atom is 0.184 e. The monoisotopic (exact) mass is 1050 g/mol. The molecule has 0 unspecified atom stereocenters. The summed E-state index contributed by atoms with van der Waals surface area (Å²) in [5.41, 5.74) is 14.8. The first-order chi connectivity index (χ1) is 40.5. The molecule has 0 aliphatic rings. The second-order valence-electron chi connectivity index (χ2n) is 19.6. The molecule has 12 heteroatoms. The van der Waals surface area contributed by atoms with Gasteiger partial charge in [0, 0.05) is 27.1 Å². The highest BCUT2D eigenvalue weighted by Gasteiger charge is 2.25. The van der Waals surface area contributed by atoms with Crippen molar-refractivity contribution in [1.82, 2.24) is 9.13 Å². The molecule has 376 valence electrons. The van der Waals surface area contributed by atoms with Crippen LogP contribution in [0, 0.1) is 101 Å². The maximum absolute atomic E-state index is 11.6. The zero-order valence-electron chi connectivity index (χ0n) is 43.6. The molecular formula is C71H32N12. The summed E-state index contributed by atoms with van der Waals surface area (Å²) in [6, 6.07) is 66.5. The first-order valence-electron chi connectivity index (χ1n) is 25.5. The van der Waals surface area contributed by atoms with Crippen LogP contribution in [-0.4, -0.2) is 9.13 Å². The zero-order chi connectivity index (χ0) is 57.6. The average Bonchev–Trinajstić information content (AvgIpc) is 2.59. The van der Waals surface area contributed by atoms with Gasteiger partial charge in [-0.2, -0.15) is 31.6 Å². The van der Waals surface area contributed by atoms with E-state index >= 15 is 0 Å². The topological polar surface area (TPSA) is 170 Å². The Kier molecular flexibility index (Phi) is 12.3. The Morgan fingerprint density at radius 2 is 0.723 bits per heavy atom. The van der Waals surface area contributed by atoms with Crippen molar-refractivity contribution in [2.75, 3.05) is 0 Å². The lowest BCUT2D eigenvalue weighted by molar-refractivity contribution is 1.13. The Morgan fingerprint density at radius 3 is 1.12 bits per heavy atom. The van der Waals surface area contributed by atoms with Crippen LogP contribution in [0.2, 0.25) is 0 Å². The van der Waals surface area contributed by atoms with Gasteiger partial charge in [0.25, 0.3) is 0 Å². The largest absolute Gasteiger partial charge is 0.309 e. The average molecular weight is 1050 g/mol. The van der Waals surface area contributed by atoms with Gasteiger partial charge in [-0.25, -0.2) is 19.4 Å². The predicted molar refractivity (Wildman–Crippen MR) is 320 cm³/mol. The number of fused-ring (bicyclic) bond motifs is 6. The van der Waals surface area contributed by atoms with Crippen LogP contribution < -0.4 is 0 Å². The van der Waals surface area contributed by atoms with Crippen molar-refractivity contribution in [2.24, 2.45) is 0 Å². The Hall–Kier alpha value is -13.3. The second-order valence-corrected chi connectivity index (χ2v) is 19.6. The van der Waals surface area contributed by atoms with Gasteiger partial charge >= 0.3 is 0 Å². The summed E-state index contributed by atoms with van der Waals surface area (Å²) in [5.74, 6) is 0. The summed E-state index contributed by atoms with van der Waals surface area (Å²) in [7, 11) is 0. The lowest BCUT2D eigenvalue weighted by Crippen LogP contribution is -2.04. The number of aryl methyl sites for hydroxylation is 1. The number of hydrogen-bond acceptors (Lipinski definition) is 6. The quantitative estimate of drug-likeness (QED) is 0.144. The molecule has 0 aliphatic heterocycles. The van der Waals surface area contributed by atoms with Crippen LogP contribution in [0.4, 0.5) is 22.7 Å². The summed E-state index contributed by atoms with van der Waals surface area (Å²) in [6.07, 6.45) is 0. The van der Waals surface area contributed by atoms with Crippen LogP contribution in [0.5, 0.6) is 0 Å². The van der Waals surface area contributed by atoms with E-state index in [-0.39, 0.29) is 5.56 Å². The van der Waals surface area contributed by atoms with Gasteiger partial charge in [0.15, 0.2) is 22.7 Å². The fourth-order valence-electron chi connectivity index (χ4n) is 11.3. The number of nitriles is 6. The van der Waals surface area contributed by atoms with E-state index in [9.17, 15) is 31.6 Å². The van der Waals surface area contributed by atoms with E-state index in [1.165, 1.54) is 0 Å². The van der Waals surface area contributed by atoms with Gasteiger partial charge in [-0.1, -0.05) is 78.9 Å². The second kappa shape index (κ2) is 20.2. The first kappa shape index (κ1) is 50.5. The third-order valence-corrected chi connectivity index (χ3v) is 15.0. The summed E-state index contributed by atoms with van der Waals surface area (Å²) in [6.45, 7) is 33.3. The summed E-state index contributed by atoms with van der Waals surface area (Å²) in [4.78, 5) is 14.7. The van der Waals surface area contributed by atoms with Crippen LogP contribution in [0.15, 0.2) is 176 Å². The summed E-state index contributed by atoms with van der Waals surface area (Å²) in [5, 5.41) is 65.1. The molecule has 0 N–H and O–H groups in total. The van der Waals surface area contributed by atoms with E-state index in [1.54, 1.807) is 78.9 Å². The molecule has 12 aromatic rings. The molecule has 2 aromatic heterocycles. The standard InChI is InChI=1S/C71H32N12/c1-41-22-44(37-74)26-49(23-41)59-34-70(82-66-18-8-45(55-14-6-42(35-72)24-50(55)38-75)27-60(66)61-28-46(9-19-67(61)82)56-15-7-43(36-73)25-51(56)39-76)52(40-77)31-71(59)83-68-20-10-47(57-16-12-53(78-2)32-64(57)80-4)29-62(68)63-30-48(11-21-69(63)83)58-17-13-54(79-3)33-65(58)81-5/h6-34H,1H3. The van der Waals surface area contributed by atoms with Crippen LogP contribution >= 0.6 is 0 Å². The van der Waals surface area contributed by atoms with E-state index in [2.05, 4.69) is 60.4 Å². The van der Waals surface area contributed by atoms with Gasteiger partial charge in [0.1, 0.15) is 6.07 Å². The molecule has 12 rings (SSSR count). The molecule has 0 saturated carbocycles. The predicted octanol–water partition coefficient (Wildman–Crippen LogP) is 18.0. The molecule has 0 saturated heterocycles. The van der Waals surface area contributed by atoms with Crippen molar-refractivity contribution in [3.05, 3.63) is 261 Å². The van der Waals surface area contributed by atoms with Crippen molar-refractivity contribution in [3.8, 4) is 103 Å². The molecule has 0 aliphatic carbocycles. The number of rotatable bonds is 7. The minimum Gasteiger partial charge on any atom is -0.309 e. The number of aromatic nitrogens is 2. The highest BCUT2D eigenvalue weighted by Crippen LogP contribution is 2.46. The molecule has 83 heavy (non-hydrogen) atoms. The van der Waals surface area contributed by atoms with Crippen LogP contribution in [0.25, 0.3) is 130 Å². The van der Waals surface area contributed by atoms with Crippen LogP contribution in [0.3, 0.4) is 0 Å². The lowest BCUT2D eigenvalue weighted by atomic mass is 9.95. The fraction of sp³-hybridized carbons (Fsp3) is 0.0141. The molecule has 0 bridgehead atoms. The van der Waals surface area contributed by atoms with E-state index in [0.29, 0.717) is 117 Å². The SMILES string of the molecule is [C-]#[N+]c1ccc(-c2ccc3c(c2)c2cc(-c4ccc([N+]#[C-])cc4[N+]#[C-])ccc2n3-c2cc(C#N)c(-n3c4ccc(-c5ccc(C#N)cc5C#N)cc4c4cc(-c5ccc(C#N)cc5C#N)ccc43)cc2-c2cc(C)cc(C#N)c2)c([N+]#[C-])c1. The third kappa shape index (κ3) is 8.40. The van der Waals surface area contributed by atoms with Gasteiger partial charge in [-0.15, -0.1) is 0 Å². The Morgan fingerprint density at radius 1 is 0.313 bits per heavy atom. The highest BCUT2D eigenvalue weighted by atomic mass is 15.0. The fourth-order valence-corrected chi connectivity index (χ4v) is 11.3. The van der Waals surface area contributed by atoms with Crippen molar-refractivity contribution < 1.29 is 0 Å². The Labute approximate surface area is 475 Å². The summed E-state index contributed by atoms with van der Waals surface area (Å²) >= 11 is 0. The van der Waals surface area contributed by atoms with Crippen molar-refractivity contribution in [3.63, 3.8) is 0 Å². The normalized spacial score (nSPS) is 10.6. The smallest absolute Gasteiger partial charge is 0.184 e. The Bertz CT molecular complexity index is 5100. The molecule has 12 nitrogen and oxygen atoms in total. The molecule has 0 atom stereocenters.